The van der Waals surface area contributed by atoms with Gasteiger partial charge in [0.2, 0.25) is 11.7 Å². The number of nitrogens with zero attached hydrogens (tertiary/aromatic N) is 2. The molecule has 98 valence electrons. The van der Waals surface area contributed by atoms with E-state index >= 15 is 0 Å². The second kappa shape index (κ2) is 6.09. The summed E-state index contributed by atoms with van der Waals surface area (Å²) in [5.41, 5.74) is 4.41. The first-order chi connectivity index (χ1) is 8.02. The first kappa shape index (κ1) is 14.1. The number of methoxy groups -OCH3 is 1. The molecule has 0 saturated carbocycles. The third-order valence-corrected chi connectivity index (χ3v) is 2.58. The van der Waals surface area contributed by atoms with E-state index < -0.39 is 5.60 Å². The van der Waals surface area contributed by atoms with Crippen LogP contribution in [-0.4, -0.2) is 34.5 Å². The first-order valence-corrected chi connectivity index (χ1v) is 5.80. The van der Waals surface area contributed by atoms with E-state index in [1.165, 1.54) is 0 Å². The predicted molar refractivity (Wildman–Crippen MR) is 62.3 cm³/mol. The zero-order valence-electron chi connectivity index (χ0n) is 10.6. The van der Waals surface area contributed by atoms with Gasteiger partial charge >= 0.3 is 0 Å². The van der Waals surface area contributed by atoms with E-state index in [2.05, 4.69) is 17.1 Å². The van der Waals surface area contributed by atoms with E-state index in [1.807, 2.05) is 0 Å². The van der Waals surface area contributed by atoms with Crippen LogP contribution in [0.4, 0.5) is 0 Å². The van der Waals surface area contributed by atoms with E-state index in [-0.39, 0.29) is 19.1 Å². The van der Waals surface area contributed by atoms with Crippen LogP contribution in [0.15, 0.2) is 4.52 Å². The summed E-state index contributed by atoms with van der Waals surface area (Å²) in [7, 11) is 1.62. The highest BCUT2D eigenvalue weighted by Crippen LogP contribution is 2.20. The molecule has 0 aliphatic heterocycles. The molecule has 0 radical (unpaired) electrons. The molecule has 0 aliphatic carbocycles. The fourth-order valence-corrected chi connectivity index (χ4v) is 1.48. The molecule has 6 heteroatoms. The number of hydrogen-bond acceptors (Lipinski definition) is 6. The van der Waals surface area contributed by atoms with Crippen molar-refractivity contribution >= 4 is 0 Å². The second-order valence-corrected chi connectivity index (χ2v) is 4.44. The van der Waals surface area contributed by atoms with Crippen LogP contribution in [0.25, 0.3) is 0 Å². The first-order valence-electron chi connectivity index (χ1n) is 5.80. The Labute approximate surface area is 101 Å². The van der Waals surface area contributed by atoms with Gasteiger partial charge in [-0.1, -0.05) is 18.5 Å². The minimum Gasteiger partial charge on any atom is -0.388 e. The maximum Gasteiger partial charge on any atom is 0.229 e. The lowest BCUT2D eigenvalue weighted by molar-refractivity contribution is 0.0610. The molecule has 17 heavy (non-hydrogen) atoms. The minimum absolute atomic E-state index is 0.146. The molecule has 0 aromatic carbocycles. The monoisotopic (exact) mass is 243 g/mol. The maximum absolute atomic E-state index is 9.80. The summed E-state index contributed by atoms with van der Waals surface area (Å²) in [4.78, 5) is 4.21. The molecular weight excluding hydrogens is 222 g/mol. The zero-order valence-corrected chi connectivity index (χ0v) is 10.6. The molecule has 0 amide bonds. The summed E-state index contributed by atoms with van der Waals surface area (Å²) in [6, 6.07) is 0. The summed E-state index contributed by atoms with van der Waals surface area (Å²) in [6.45, 7) is 3.84. The molecule has 0 saturated heterocycles. The zero-order chi connectivity index (χ0) is 12.9. The molecular formula is C11H21N3O3. The molecule has 2 unspecified atom stereocenters. The topological polar surface area (TPSA) is 94.4 Å². The standard InChI is InChI=1S/C11H21N3O3/c1-4-5-8(16-3)10-13-9(17-14-10)6-11(2,15)7-12/h8,15H,4-7,12H2,1-3H3. The molecule has 2 atom stereocenters. The quantitative estimate of drug-likeness (QED) is 0.736. The lowest BCUT2D eigenvalue weighted by atomic mass is 10.0. The van der Waals surface area contributed by atoms with Crippen LogP contribution in [0.1, 0.15) is 44.5 Å². The number of ether oxygens (including phenoxy) is 1. The highest BCUT2D eigenvalue weighted by Gasteiger charge is 2.24. The Morgan fingerprint density at radius 3 is 2.82 bits per heavy atom. The summed E-state index contributed by atoms with van der Waals surface area (Å²) < 4.78 is 10.3. The highest BCUT2D eigenvalue weighted by molar-refractivity contribution is 4.95. The van der Waals surface area contributed by atoms with Crippen LogP contribution >= 0.6 is 0 Å². The van der Waals surface area contributed by atoms with Crippen molar-refractivity contribution in [2.45, 2.75) is 44.8 Å². The van der Waals surface area contributed by atoms with Crippen LogP contribution < -0.4 is 5.73 Å². The lowest BCUT2D eigenvalue weighted by Gasteiger charge is -2.17. The van der Waals surface area contributed by atoms with Gasteiger partial charge in [0.05, 0.1) is 12.0 Å². The Kier molecular flexibility index (Phi) is 5.04. The summed E-state index contributed by atoms with van der Waals surface area (Å²) >= 11 is 0. The van der Waals surface area contributed by atoms with Gasteiger partial charge in [0.15, 0.2) is 0 Å². The van der Waals surface area contributed by atoms with Crippen LogP contribution in [0, 0.1) is 0 Å². The SMILES string of the molecule is CCCC(OC)c1noc(CC(C)(O)CN)n1. The molecule has 0 fully saturated rings. The number of aromatic nitrogens is 2. The third kappa shape index (κ3) is 4.07. The van der Waals surface area contributed by atoms with Gasteiger partial charge in [-0.05, 0) is 13.3 Å². The Balaban J connectivity index is 2.70. The van der Waals surface area contributed by atoms with Crippen molar-refractivity contribution < 1.29 is 14.4 Å². The summed E-state index contributed by atoms with van der Waals surface area (Å²) in [6.07, 6.45) is 1.91. The van der Waals surface area contributed by atoms with Gasteiger partial charge in [-0.3, -0.25) is 0 Å². The van der Waals surface area contributed by atoms with Gasteiger partial charge in [0.1, 0.15) is 6.10 Å². The van der Waals surface area contributed by atoms with Crippen LogP contribution in [0.3, 0.4) is 0 Å². The second-order valence-electron chi connectivity index (χ2n) is 4.44. The fraction of sp³-hybridized carbons (Fsp3) is 0.818. The fourth-order valence-electron chi connectivity index (χ4n) is 1.48. The van der Waals surface area contributed by atoms with Gasteiger partial charge < -0.3 is 20.1 Å². The molecule has 1 aromatic rings. The Morgan fingerprint density at radius 2 is 2.29 bits per heavy atom. The number of hydrogen-bond donors (Lipinski definition) is 2. The smallest absolute Gasteiger partial charge is 0.229 e. The lowest BCUT2D eigenvalue weighted by Crippen LogP contribution is -2.36. The Morgan fingerprint density at radius 1 is 1.59 bits per heavy atom. The normalized spacial score (nSPS) is 16.8. The highest BCUT2D eigenvalue weighted by atomic mass is 16.5. The van der Waals surface area contributed by atoms with Gasteiger partial charge in [0, 0.05) is 13.7 Å². The van der Waals surface area contributed by atoms with Crippen molar-refractivity contribution in [3.63, 3.8) is 0 Å². The predicted octanol–water partition coefficient (Wildman–Crippen LogP) is 0.809. The molecule has 0 spiro atoms. The van der Waals surface area contributed by atoms with Crippen molar-refractivity contribution in [3.05, 3.63) is 11.7 Å². The van der Waals surface area contributed by atoms with Crippen molar-refractivity contribution in [1.29, 1.82) is 0 Å². The average Bonchev–Trinajstić information content (AvgIpc) is 2.73. The maximum atomic E-state index is 9.80. The molecule has 3 N–H and O–H groups in total. The molecule has 0 bridgehead atoms. The molecule has 1 heterocycles. The molecule has 0 aliphatic rings. The van der Waals surface area contributed by atoms with Crippen molar-refractivity contribution in [1.82, 2.24) is 10.1 Å². The minimum atomic E-state index is -1.02. The summed E-state index contributed by atoms with van der Waals surface area (Å²) in [5.74, 6) is 0.908. The number of aliphatic hydroxyl groups is 1. The van der Waals surface area contributed by atoms with Gasteiger partial charge in [-0.25, -0.2) is 0 Å². The molecule has 1 rings (SSSR count). The van der Waals surface area contributed by atoms with E-state index in [4.69, 9.17) is 15.0 Å². The van der Waals surface area contributed by atoms with Gasteiger partial charge in [-0.2, -0.15) is 4.98 Å². The van der Waals surface area contributed by atoms with Crippen LogP contribution in [0.5, 0.6) is 0 Å². The number of rotatable bonds is 7. The van der Waals surface area contributed by atoms with Crippen LogP contribution in [0.2, 0.25) is 0 Å². The largest absolute Gasteiger partial charge is 0.388 e. The van der Waals surface area contributed by atoms with Crippen LogP contribution in [-0.2, 0) is 11.2 Å². The third-order valence-electron chi connectivity index (χ3n) is 2.58. The van der Waals surface area contributed by atoms with E-state index in [0.29, 0.717) is 11.7 Å². The molecule has 6 nitrogen and oxygen atoms in total. The van der Waals surface area contributed by atoms with E-state index in [9.17, 15) is 5.11 Å². The van der Waals surface area contributed by atoms with Crippen molar-refractivity contribution in [2.75, 3.05) is 13.7 Å². The Hall–Kier alpha value is -0.980. The number of nitrogens with two attached hydrogens (primary N) is 1. The van der Waals surface area contributed by atoms with Gasteiger partial charge in [-0.15, -0.1) is 0 Å². The van der Waals surface area contributed by atoms with Crippen molar-refractivity contribution in [3.8, 4) is 0 Å². The average molecular weight is 243 g/mol. The van der Waals surface area contributed by atoms with Gasteiger partial charge in [0.25, 0.3) is 0 Å². The van der Waals surface area contributed by atoms with E-state index in [0.717, 1.165) is 12.8 Å². The van der Waals surface area contributed by atoms with E-state index in [1.54, 1.807) is 14.0 Å². The van der Waals surface area contributed by atoms with Crippen molar-refractivity contribution in [2.24, 2.45) is 5.73 Å². The molecule has 1 aromatic heterocycles. The summed E-state index contributed by atoms with van der Waals surface area (Å²) in [5, 5.41) is 13.7. The Bertz CT molecular complexity index is 338.